The van der Waals surface area contributed by atoms with Crippen LogP contribution in [-0.2, 0) is 16.4 Å². The monoisotopic (exact) mass is 465 g/mol. The van der Waals surface area contributed by atoms with E-state index in [1.807, 2.05) is 0 Å². The molecule has 1 aromatic heterocycles. The van der Waals surface area contributed by atoms with Gasteiger partial charge >= 0.3 is 5.63 Å². The Hall–Kier alpha value is -2.35. The Kier molecular flexibility index (Phi) is 5.61. The second kappa shape index (κ2) is 8.06. The maximum absolute atomic E-state index is 13.4. The van der Waals surface area contributed by atoms with E-state index in [4.69, 9.17) is 27.6 Å². The first kappa shape index (κ1) is 20.9. The van der Waals surface area contributed by atoms with E-state index in [1.54, 1.807) is 42.5 Å². The molecule has 0 N–H and O–H groups in total. The van der Waals surface area contributed by atoms with Crippen LogP contribution >= 0.6 is 23.2 Å². The van der Waals surface area contributed by atoms with Crippen LogP contribution in [0.15, 0.2) is 57.7 Å². The summed E-state index contributed by atoms with van der Waals surface area (Å²) in [5.41, 5.74) is 0.0496. The lowest BCUT2D eigenvalue weighted by molar-refractivity contribution is 0.0677. The first-order valence-corrected chi connectivity index (χ1v) is 11.8. The molecule has 6 nitrogen and oxygen atoms in total. The van der Waals surface area contributed by atoms with Crippen molar-refractivity contribution >= 4 is 49.9 Å². The minimum absolute atomic E-state index is 0.0118. The van der Waals surface area contributed by atoms with Crippen molar-refractivity contribution in [2.75, 3.05) is 11.5 Å². The van der Waals surface area contributed by atoms with Crippen LogP contribution in [0, 0.1) is 0 Å². The van der Waals surface area contributed by atoms with Crippen molar-refractivity contribution < 1.29 is 17.6 Å². The molecule has 4 rings (SSSR count). The molecule has 0 bridgehead atoms. The van der Waals surface area contributed by atoms with Gasteiger partial charge in [0, 0.05) is 28.0 Å². The molecule has 1 atom stereocenters. The van der Waals surface area contributed by atoms with Crippen molar-refractivity contribution in [3.63, 3.8) is 0 Å². The highest BCUT2D eigenvalue weighted by atomic mass is 35.5. The molecule has 1 unspecified atom stereocenters. The molecule has 30 heavy (non-hydrogen) atoms. The number of benzene rings is 2. The average molecular weight is 466 g/mol. The zero-order valence-electron chi connectivity index (χ0n) is 15.7. The normalized spacial score (nSPS) is 17.9. The molecule has 2 aromatic carbocycles. The third-order valence-corrected chi connectivity index (χ3v) is 7.47. The fourth-order valence-corrected chi connectivity index (χ4v) is 5.79. The fraction of sp³-hybridized carbons (Fsp3) is 0.238. The minimum atomic E-state index is -3.26. The van der Waals surface area contributed by atoms with Gasteiger partial charge in [-0.2, -0.15) is 0 Å². The summed E-state index contributed by atoms with van der Waals surface area (Å²) in [5.74, 6) is -0.770. The maximum Gasteiger partial charge on any atom is 0.349 e. The Morgan fingerprint density at radius 2 is 1.90 bits per heavy atom. The Balaban J connectivity index is 1.76. The first-order chi connectivity index (χ1) is 14.2. The van der Waals surface area contributed by atoms with Crippen molar-refractivity contribution in [1.82, 2.24) is 4.90 Å². The van der Waals surface area contributed by atoms with Crippen LogP contribution in [0.1, 0.15) is 22.3 Å². The standard InChI is InChI=1S/C21H17Cl2NO5S/c22-15-6-5-14(18(23)10-15)11-24(16-7-8-30(27,28)12-16)20(25)17-9-13-3-1-2-4-19(13)29-21(17)26/h1-6,9-10,16H,7-8,11-12H2. The van der Waals surface area contributed by atoms with Crippen LogP contribution in [0.4, 0.5) is 0 Å². The lowest BCUT2D eigenvalue weighted by atomic mass is 10.1. The zero-order valence-corrected chi connectivity index (χ0v) is 18.0. The molecule has 0 saturated carbocycles. The minimum Gasteiger partial charge on any atom is -0.422 e. The van der Waals surface area contributed by atoms with Gasteiger partial charge < -0.3 is 9.32 Å². The largest absolute Gasteiger partial charge is 0.422 e. The number of fused-ring (bicyclic) bond motifs is 1. The van der Waals surface area contributed by atoms with Crippen LogP contribution in [0.25, 0.3) is 11.0 Å². The van der Waals surface area contributed by atoms with E-state index in [0.717, 1.165) is 0 Å². The van der Waals surface area contributed by atoms with Crippen molar-refractivity contribution in [2.45, 2.75) is 19.0 Å². The summed E-state index contributed by atoms with van der Waals surface area (Å²) >= 11 is 12.2. The second-order valence-electron chi connectivity index (χ2n) is 7.21. The molecule has 2 heterocycles. The number of amides is 1. The van der Waals surface area contributed by atoms with Gasteiger partial charge in [-0.15, -0.1) is 0 Å². The van der Waals surface area contributed by atoms with Gasteiger partial charge in [-0.1, -0.05) is 47.5 Å². The molecular formula is C21H17Cl2NO5S. The molecule has 0 aliphatic carbocycles. The van der Waals surface area contributed by atoms with E-state index < -0.39 is 27.4 Å². The highest BCUT2D eigenvalue weighted by molar-refractivity contribution is 7.91. The molecule has 1 fully saturated rings. The third kappa shape index (κ3) is 4.24. The second-order valence-corrected chi connectivity index (χ2v) is 10.3. The van der Waals surface area contributed by atoms with Gasteiger partial charge in [-0.25, -0.2) is 13.2 Å². The van der Waals surface area contributed by atoms with Gasteiger partial charge in [0.15, 0.2) is 9.84 Å². The molecule has 1 amide bonds. The lowest BCUT2D eigenvalue weighted by Crippen LogP contribution is -2.42. The number of para-hydroxylation sites is 1. The number of hydrogen-bond donors (Lipinski definition) is 0. The van der Waals surface area contributed by atoms with Crippen LogP contribution in [0.3, 0.4) is 0 Å². The molecular weight excluding hydrogens is 449 g/mol. The Morgan fingerprint density at radius 3 is 2.60 bits per heavy atom. The van der Waals surface area contributed by atoms with Gasteiger partial charge in [-0.05, 0) is 36.2 Å². The van der Waals surface area contributed by atoms with Crippen molar-refractivity contribution in [3.8, 4) is 0 Å². The van der Waals surface area contributed by atoms with Crippen LogP contribution in [0.2, 0.25) is 10.0 Å². The number of hydrogen-bond acceptors (Lipinski definition) is 5. The zero-order chi connectivity index (χ0) is 21.5. The van der Waals surface area contributed by atoms with Crippen molar-refractivity contribution in [3.05, 3.63) is 80.1 Å². The molecule has 3 aromatic rings. The molecule has 0 radical (unpaired) electrons. The molecule has 1 aliphatic rings. The Labute approximate surface area is 182 Å². The van der Waals surface area contributed by atoms with Gasteiger partial charge in [0.05, 0.1) is 11.5 Å². The van der Waals surface area contributed by atoms with Crippen molar-refractivity contribution in [1.29, 1.82) is 0 Å². The summed E-state index contributed by atoms with van der Waals surface area (Å²) in [4.78, 5) is 27.3. The number of nitrogens with zero attached hydrogens (tertiary/aromatic N) is 1. The average Bonchev–Trinajstić information content (AvgIpc) is 3.06. The summed E-state index contributed by atoms with van der Waals surface area (Å²) in [6, 6.07) is 12.6. The SMILES string of the molecule is O=C(c1cc2ccccc2oc1=O)N(Cc1ccc(Cl)cc1Cl)C1CCS(=O)(=O)C1. The van der Waals surface area contributed by atoms with Crippen LogP contribution < -0.4 is 5.63 Å². The first-order valence-electron chi connectivity index (χ1n) is 9.22. The van der Waals surface area contributed by atoms with Crippen molar-refractivity contribution in [2.24, 2.45) is 0 Å². The molecule has 1 saturated heterocycles. The number of carbonyl (C=O) groups is 1. The van der Waals surface area contributed by atoms with E-state index >= 15 is 0 Å². The summed E-state index contributed by atoms with van der Waals surface area (Å²) in [7, 11) is -3.26. The predicted molar refractivity (Wildman–Crippen MR) is 116 cm³/mol. The van der Waals surface area contributed by atoms with E-state index in [9.17, 15) is 18.0 Å². The highest BCUT2D eigenvalue weighted by Crippen LogP contribution is 2.27. The predicted octanol–water partition coefficient (Wildman–Crippen LogP) is 3.93. The quantitative estimate of drug-likeness (QED) is 0.544. The van der Waals surface area contributed by atoms with E-state index in [1.165, 1.54) is 11.0 Å². The van der Waals surface area contributed by atoms with E-state index in [-0.39, 0.29) is 30.0 Å². The summed E-state index contributed by atoms with van der Waals surface area (Å²) < 4.78 is 29.4. The number of carbonyl (C=O) groups excluding carboxylic acids is 1. The van der Waals surface area contributed by atoms with Gasteiger partial charge in [0.2, 0.25) is 0 Å². The molecule has 1 aliphatic heterocycles. The fourth-order valence-electron chi connectivity index (χ4n) is 3.59. The van der Waals surface area contributed by atoms with Crippen LogP contribution in [-0.4, -0.2) is 36.8 Å². The van der Waals surface area contributed by atoms with Crippen LogP contribution in [0.5, 0.6) is 0 Å². The number of sulfone groups is 1. The Bertz CT molecular complexity index is 1300. The summed E-state index contributed by atoms with van der Waals surface area (Å²) in [6.07, 6.45) is 0.290. The smallest absolute Gasteiger partial charge is 0.349 e. The maximum atomic E-state index is 13.4. The molecule has 156 valence electrons. The van der Waals surface area contributed by atoms with Gasteiger partial charge in [0.25, 0.3) is 5.91 Å². The molecule has 9 heteroatoms. The Morgan fingerprint density at radius 1 is 1.13 bits per heavy atom. The number of rotatable bonds is 4. The van der Waals surface area contributed by atoms with E-state index in [0.29, 0.717) is 26.6 Å². The lowest BCUT2D eigenvalue weighted by Gasteiger charge is -2.28. The number of halogens is 2. The van der Waals surface area contributed by atoms with E-state index in [2.05, 4.69) is 0 Å². The third-order valence-electron chi connectivity index (χ3n) is 5.14. The summed E-state index contributed by atoms with van der Waals surface area (Å²) in [5, 5.41) is 1.40. The summed E-state index contributed by atoms with van der Waals surface area (Å²) in [6.45, 7) is 0.0429. The van der Waals surface area contributed by atoms with Gasteiger partial charge in [0.1, 0.15) is 11.1 Å². The van der Waals surface area contributed by atoms with Gasteiger partial charge in [-0.3, -0.25) is 4.79 Å². The highest BCUT2D eigenvalue weighted by Gasteiger charge is 2.36. The topological polar surface area (TPSA) is 84.7 Å². The molecule has 0 spiro atoms.